The van der Waals surface area contributed by atoms with Gasteiger partial charge in [0.25, 0.3) is 5.91 Å². The number of rotatable bonds is 11. The first-order chi connectivity index (χ1) is 11.1. The summed E-state index contributed by atoms with van der Waals surface area (Å²) in [5.74, 6) is -5.05. The molecule has 0 radical (unpaired) electrons. The molecule has 1 N–H and O–H groups in total. The number of hydrogen-bond donors (Lipinski definition) is 1. The molecule has 0 aliphatic heterocycles. The zero-order valence-electron chi connectivity index (χ0n) is 13.8. The van der Waals surface area contributed by atoms with E-state index < -0.39 is 28.9 Å². The van der Waals surface area contributed by atoms with Gasteiger partial charge < -0.3 is 5.32 Å². The molecule has 5 heteroatoms. The molecule has 1 rings (SSSR count). The van der Waals surface area contributed by atoms with Crippen molar-refractivity contribution in [3.8, 4) is 0 Å². The zero-order valence-corrected chi connectivity index (χ0v) is 13.8. The van der Waals surface area contributed by atoms with Gasteiger partial charge in [0, 0.05) is 6.54 Å². The van der Waals surface area contributed by atoms with Gasteiger partial charge in [0.15, 0.2) is 17.5 Å². The Hall–Kier alpha value is -1.52. The summed E-state index contributed by atoms with van der Waals surface area (Å²) < 4.78 is 39.3. The molecule has 0 aromatic heterocycles. The molecule has 23 heavy (non-hydrogen) atoms. The van der Waals surface area contributed by atoms with Gasteiger partial charge in [0.05, 0.1) is 5.56 Å². The van der Waals surface area contributed by atoms with Gasteiger partial charge in [-0.3, -0.25) is 4.79 Å². The summed E-state index contributed by atoms with van der Waals surface area (Å²) in [6.45, 7) is 2.60. The molecule has 0 heterocycles. The van der Waals surface area contributed by atoms with Crippen molar-refractivity contribution < 1.29 is 18.0 Å². The first-order valence-corrected chi connectivity index (χ1v) is 8.49. The van der Waals surface area contributed by atoms with Crippen LogP contribution in [0.5, 0.6) is 0 Å². The van der Waals surface area contributed by atoms with Crippen LogP contribution in [0, 0.1) is 17.5 Å². The molecule has 0 aliphatic carbocycles. The van der Waals surface area contributed by atoms with Crippen LogP contribution in [0.15, 0.2) is 12.1 Å². The van der Waals surface area contributed by atoms with Crippen molar-refractivity contribution in [2.24, 2.45) is 0 Å². The first kappa shape index (κ1) is 19.5. The Morgan fingerprint density at radius 1 is 0.870 bits per heavy atom. The Bertz CT molecular complexity index is 491. The summed E-state index contributed by atoms with van der Waals surface area (Å²) in [5.41, 5.74) is -0.458. The van der Waals surface area contributed by atoms with E-state index in [-0.39, 0.29) is 0 Å². The fourth-order valence-electron chi connectivity index (χ4n) is 2.43. The predicted octanol–water partition coefficient (Wildman–Crippen LogP) is 5.36. The molecule has 2 nitrogen and oxygen atoms in total. The fraction of sp³-hybridized carbons (Fsp3) is 0.611. The second-order valence-electron chi connectivity index (χ2n) is 5.81. The largest absolute Gasteiger partial charge is 0.352 e. The third kappa shape index (κ3) is 7.06. The molecule has 0 unspecified atom stereocenters. The van der Waals surface area contributed by atoms with Crippen molar-refractivity contribution in [3.05, 3.63) is 35.1 Å². The third-order valence-electron chi connectivity index (χ3n) is 3.85. The van der Waals surface area contributed by atoms with Crippen LogP contribution in [0.3, 0.4) is 0 Å². The summed E-state index contributed by atoms with van der Waals surface area (Å²) in [6, 6.07) is 1.71. The molecule has 0 atom stereocenters. The summed E-state index contributed by atoms with van der Waals surface area (Å²) in [6.07, 6.45) is 10.5. The highest BCUT2D eigenvalue weighted by Crippen LogP contribution is 2.15. The van der Waals surface area contributed by atoms with Gasteiger partial charge in [0.1, 0.15) is 0 Å². The average Bonchev–Trinajstić information content (AvgIpc) is 2.54. The number of benzene rings is 1. The number of hydrogen-bond acceptors (Lipinski definition) is 1. The lowest BCUT2D eigenvalue weighted by Gasteiger charge is -2.07. The number of carbonyl (C=O) groups excluding carboxylic acids is 1. The lowest BCUT2D eigenvalue weighted by atomic mass is 10.1. The maximum atomic E-state index is 13.4. The first-order valence-electron chi connectivity index (χ1n) is 8.49. The van der Waals surface area contributed by atoms with Crippen LogP contribution in [-0.4, -0.2) is 12.5 Å². The number of nitrogens with one attached hydrogen (secondary N) is 1. The third-order valence-corrected chi connectivity index (χ3v) is 3.85. The van der Waals surface area contributed by atoms with Crippen molar-refractivity contribution in [3.63, 3.8) is 0 Å². The lowest BCUT2D eigenvalue weighted by molar-refractivity contribution is 0.0947. The highest BCUT2D eigenvalue weighted by atomic mass is 19.2. The Balaban J connectivity index is 2.14. The van der Waals surface area contributed by atoms with E-state index in [9.17, 15) is 18.0 Å². The molecule has 0 spiro atoms. The normalized spacial score (nSPS) is 10.8. The Kier molecular flexibility index (Phi) is 9.41. The molecular formula is C18H26F3NO. The predicted molar refractivity (Wildman–Crippen MR) is 85.9 cm³/mol. The van der Waals surface area contributed by atoms with E-state index in [1.165, 1.54) is 38.5 Å². The van der Waals surface area contributed by atoms with E-state index in [2.05, 4.69) is 12.2 Å². The molecular weight excluding hydrogens is 303 g/mol. The molecule has 1 amide bonds. The van der Waals surface area contributed by atoms with Crippen molar-refractivity contribution in [2.45, 2.75) is 64.7 Å². The van der Waals surface area contributed by atoms with Crippen molar-refractivity contribution in [2.75, 3.05) is 6.54 Å². The van der Waals surface area contributed by atoms with Crippen LogP contribution < -0.4 is 5.32 Å². The second-order valence-corrected chi connectivity index (χ2v) is 5.81. The summed E-state index contributed by atoms with van der Waals surface area (Å²) >= 11 is 0. The lowest BCUT2D eigenvalue weighted by Crippen LogP contribution is -2.25. The minimum absolute atomic E-state index is 0.410. The summed E-state index contributed by atoms with van der Waals surface area (Å²) in [4.78, 5) is 11.7. The van der Waals surface area contributed by atoms with E-state index in [1.54, 1.807) is 0 Å². The monoisotopic (exact) mass is 329 g/mol. The van der Waals surface area contributed by atoms with E-state index in [0.29, 0.717) is 6.54 Å². The van der Waals surface area contributed by atoms with E-state index in [4.69, 9.17) is 0 Å². The van der Waals surface area contributed by atoms with E-state index in [1.807, 2.05) is 0 Å². The SMILES string of the molecule is CCCCCCCCCCCNC(=O)c1ccc(F)c(F)c1F. The maximum absolute atomic E-state index is 13.4. The Morgan fingerprint density at radius 2 is 1.43 bits per heavy atom. The highest BCUT2D eigenvalue weighted by molar-refractivity contribution is 5.94. The van der Waals surface area contributed by atoms with Crippen LogP contribution in [0.1, 0.15) is 75.1 Å². The number of unbranched alkanes of at least 4 members (excludes halogenated alkanes) is 8. The van der Waals surface area contributed by atoms with Gasteiger partial charge in [-0.15, -0.1) is 0 Å². The second kappa shape index (κ2) is 11.1. The number of carbonyl (C=O) groups is 1. The zero-order chi connectivity index (χ0) is 17.1. The summed E-state index contributed by atoms with van der Waals surface area (Å²) in [5, 5.41) is 2.54. The van der Waals surface area contributed by atoms with E-state index in [0.717, 1.165) is 31.4 Å². The summed E-state index contributed by atoms with van der Waals surface area (Å²) in [7, 11) is 0. The van der Waals surface area contributed by atoms with Gasteiger partial charge in [-0.05, 0) is 18.6 Å². The maximum Gasteiger partial charge on any atom is 0.254 e. The van der Waals surface area contributed by atoms with Crippen molar-refractivity contribution in [1.82, 2.24) is 5.32 Å². The molecule has 0 fully saturated rings. The number of amides is 1. The number of halogens is 3. The molecule has 0 aliphatic rings. The minimum Gasteiger partial charge on any atom is -0.352 e. The van der Waals surface area contributed by atoms with Gasteiger partial charge in [-0.25, -0.2) is 13.2 Å². The van der Waals surface area contributed by atoms with Crippen LogP contribution in [-0.2, 0) is 0 Å². The molecule has 0 bridgehead atoms. The van der Waals surface area contributed by atoms with Gasteiger partial charge >= 0.3 is 0 Å². The van der Waals surface area contributed by atoms with Crippen molar-refractivity contribution >= 4 is 5.91 Å². The smallest absolute Gasteiger partial charge is 0.254 e. The Labute approximate surface area is 136 Å². The topological polar surface area (TPSA) is 29.1 Å². The molecule has 130 valence electrons. The van der Waals surface area contributed by atoms with Crippen LogP contribution in [0.25, 0.3) is 0 Å². The fourth-order valence-corrected chi connectivity index (χ4v) is 2.43. The quantitative estimate of drug-likeness (QED) is 0.429. The standard InChI is InChI=1S/C18H26F3NO/c1-2-3-4-5-6-7-8-9-10-13-22-18(23)14-11-12-15(19)17(21)16(14)20/h11-12H,2-10,13H2,1H3,(H,22,23). The molecule has 0 saturated carbocycles. The van der Waals surface area contributed by atoms with E-state index >= 15 is 0 Å². The molecule has 1 aromatic rings. The van der Waals surface area contributed by atoms with Crippen LogP contribution >= 0.6 is 0 Å². The highest BCUT2D eigenvalue weighted by Gasteiger charge is 2.18. The van der Waals surface area contributed by atoms with Gasteiger partial charge in [0.2, 0.25) is 0 Å². The average molecular weight is 329 g/mol. The van der Waals surface area contributed by atoms with Crippen molar-refractivity contribution in [1.29, 1.82) is 0 Å². The molecule has 0 saturated heterocycles. The minimum atomic E-state index is -1.61. The molecule has 1 aromatic carbocycles. The van der Waals surface area contributed by atoms with Gasteiger partial charge in [-0.1, -0.05) is 58.3 Å². The van der Waals surface area contributed by atoms with Gasteiger partial charge in [-0.2, -0.15) is 0 Å². The van der Waals surface area contributed by atoms with Crippen LogP contribution in [0.4, 0.5) is 13.2 Å². The van der Waals surface area contributed by atoms with Crippen LogP contribution in [0.2, 0.25) is 0 Å². The Morgan fingerprint density at radius 3 is 2.04 bits per heavy atom.